The van der Waals surface area contributed by atoms with Gasteiger partial charge in [-0.1, -0.05) is 86.8 Å². The largest absolute Gasteiger partial charge is 0.497 e. The van der Waals surface area contributed by atoms with Gasteiger partial charge >= 0.3 is 17.9 Å². The number of fused-ring (bicyclic) bond motifs is 1. The van der Waals surface area contributed by atoms with Gasteiger partial charge in [0, 0.05) is 45.9 Å². The van der Waals surface area contributed by atoms with E-state index in [2.05, 4.69) is 21.3 Å². The van der Waals surface area contributed by atoms with Crippen molar-refractivity contribution < 1.29 is 81.6 Å². The molecule has 0 aromatic heterocycles. The van der Waals surface area contributed by atoms with Crippen molar-refractivity contribution in [1.82, 2.24) is 40.9 Å². The predicted octanol–water partition coefficient (Wildman–Crippen LogP) is 2.60. The number of nitrogens with one attached hydrogen (secondary N) is 4. The fourth-order valence-electron chi connectivity index (χ4n) is 12.4. The molecule has 7 N–H and O–H groups in total. The Bertz CT molecular complexity index is 2740. The van der Waals surface area contributed by atoms with Crippen molar-refractivity contribution in [2.45, 2.75) is 238 Å². The monoisotopic (exact) mass is 1280 g/mol. The molecule has 0 bridgehead atoms. The van der Waals surface area contributed by atoms with E-state index in [4.69, 9.17) is 24.7 Å². The predicted molar refractivity (Wildman–Crippen MR) is 332 cm³/mol. The van der Waals surface area contributed by atoms with Gasteiger partial charge in [-0.3, -0.25) is 47.9 Å². The third kappa shape index (κ3) is 20.3. The molecule has 9 amide bonds. The van der Waals surface area contributed by atoms with E-state index in [1.807, 2.05) is 13.8 Å². The number of hydrogen-bond donors (Lipinski definition) is 6. The molecule has 1 saturated carbocycles. The zero-order valence-corrected chi connectivity index (χ0v) is 55.5. The number of cyclic esters (lactones) is 2. The lowest BCUT2D eigenvalue weighted by atomic mass is 9.92. The summed E-state index contributed by atoms with van der Waals surface area (Å²) < 4.78 is 23.0. The molecule has 26 nitrogen and oxygen atoms in total. The highest BCUT2D eigenvalue weighted by atomic mass is 16.6. The van der Waals surface area contributed by atoms with Crippen LogP contribution in [0.15, 0.2) is 24.3 Å². The number of likely N-dealkylation sites (N-methyl/N-ethyl adjacent to an activating group) is 2. The molecular weight excluding hydrogens is 1180 g/mol. The average molecular weight is 1280 g/mol. The second kappa shape index (κ2) is 34.3. The number of methoxy groups -OCH3 is 1. The molecule has 0 spiro atoms. The van der Waals surface area contributed by atoms with Gasteiger partial charge in [0.05, 0.1) is 25.7 Å². The van der Waals surface area contributed by atoms with Crippen LogP contribution in [-0.4, -0.2) is 203 Å². The van der Waals surface area contributed by atoms with Crippen LogP contribution in [0.3, 0.4) is 0 Å². The summed E-state index contributed by atoms with van der Waals surface area (Å²) in [5.74, 6) is -10.7. The zero-order chi connectivity index (χ0) is 67.7. The number of aliphatic hydroxyl groups excluding tert-OH is 1. The molecule has 1 aromatic rings. The highest BCUT2D eigenvalue weighted by Gasteiger charge is 2.46. The highest BCUT2D eigenvalue weighted by Crippen LogP contribution is 2.29. The lowest BCUT2D eigenvalue weighted by Gasteiger charge is -2.36. The number of nitrogens with zero attached hydrogens (tertiary/aromatic N) is 4. The number of hydrogen-bond acceptors (Lipinski definition) is 17. The smallest absolute Gasteiger partial charge is 0.329 e. The van der Waals surface area contributed by atoms with Gasteiger partial charge in [0.25, 0.3) is 11.8 Å². The fourth-order valence-corrected chi connectivity index (χ4v) is 12.4. The van der Waals surface area contributed by atoms with Gasteiger partial charge in [0.15, 0.2) is 12.2 Å². The number of esters is 3. The van der Waals surface area contributed by atoms with Gasteiger partial charge in [-0.25, -0.2) is 9.59 Å². The molecule has 91 heavy (non-hydrogen) atoms. The third-order valence-corrected chi connectivity index (χ3v) is 17.9. The van der Waals surface area contributed by atoms with Crippen LogP contribution in [0.5, 0.6) is 5.75 Å². The van der Waals surface area contributed by atoms with Gasteiger partial charge in [-0.05, 0) is 113 Å². The van der Waals surface area contributed by atoms with Crippen molar-refractivity contribution in [3.8, 4) is 5.75 Å². The van der Waals surface area contributed by atoms with E-state index in [0.29, 0.717) is 43.4 Å². The van der Waals surface area contributed by atoms with Crippen LogP contribution in [0.25, 0.3) is 0 Å². The van der Waals surface area contributed by atoms with Gasteiger partial charge < -0.3 is 70.7 Å². The second-order valence-electron chi connectivity index (χ2n) is 26.3. The number of benzene rings is 1. The lowest BCUT2D eigenvalue weighted by Crippen LogP contribution is -2.62. The topological polar surface area (TPSA) is 349 Å². The normalized spacial score (nSPS) is 25.7. The van der Waals surface area contributed by atoms with Crippen LogP contribution in [0.2, 0.25) is 0 Å². The highest BCUT2D eigenvalue weighted by molar-refractivity contribution is 5.97. The Kier molecular flexibility index (Phi) is 28.0. The van der Waals surface area contributed by atoms with Crippen LogP contribution in [0.4, 0.5) is 0 Å². The SMILES string of the molecule is CC[C@H](C)[C@@H]1NC(=O)[C@H](NC(=O)[C@@H](CC(C)C)N(C)C(=O)[C@@H]2CCCN2C(=O)[C@H](C)OC(=O)[C@@H](CCC(N)=O)NC(=O)C2CCCC2)[C@H](C)OC(=O)[C@H](Cc2ccc(OC)cc2)N(C)C(=O)[C@@H]2CCCN2C(=O)[C@H](CC(C)C)NC(=O)[C@H](C(C)C)OC(=O)C[C@@H]1O. The minimum absolute atomic E-state index is 0.00594. The molecule has 0 unspecified atom stereocenters. The van der Waals surface area contributed by atoms with Gasteiger partial charge in [-0.15, -0.1) is 0 Å². The van der Waals surface area contributed by atoms with Gasteiger partial charge in [0.1, 0.15) is 54.1 Å². The minimum Gasteiger partial charge on any atom is -0.497 e. The Balaban J connectivity index is 1.52. The molecule has 3 aliphatic heterocycles. The van der Waals surface area contributed by atoms with Crippen LogP contribution in [-0.2, 0) is 78.2 Å². The van der Waals surface area contributed by atoms with Crippen molar-refractivity contribution in [2.24, 2.45) is 35.3 Å². The summed E-state index contributed by atoms with van der Waals surface area (Å²) in [5.41, 5.74) is 5.95. The summed E-state index contributed by atoms with van der Waals surface area (Å²) in [5, 5.41) is 22.9. The summed E-state index contributed by atoms with van der Waals surface area (Å²) >= 11 is 0. The summed E-state index contributed by atoms with van der Waals surface area (Å²) in [4.78, 5) is 176. The standard InChI is InChI=1S/C65H101N9O17/c1-14-38(8)53-50(75)34-52(77)91-55(37(6)7)59(81)68-45(31-35(2)3)61(83)74-30-18-22-47(74)63(85)72(12)49(33-41-23-25-43(88-13)26-24-41)65(87)89-39(9)54(58(80)69-53)70-57(79)48(32-36(4)5)71(11)62(84)46-21-17-29-73(46)60(82)40(10)90-64(86)44(27-28-51(66)76)67-56(78)42-19-15-16-20-42/h23-26,35-40,42,44-50,53-55,75H,14-22,27-34H2,1-13H3,(H2,66,76)(H,67,78)(H,68,81)(H,69,80)(H,70,79)/t38-,39-,40-,44+,45-,46-,47-,48+,49-,50-,53-,54+,55-/m0/s1. The molecule has 0 radical (unpaired) electrons. The van der Waals surface area contributed by atoms with E-state index in [0.717, 1.165) is 12.8 Å². The zero-order valence-electron chi connectivity index (χ0n) is 55.5. The van der Waals surface area contributed by atoms with Crippen molar-refractivity contribution in [3.05, 3.63) is 29.8 Å². The number of amides is 9. The first-order chi connectivity index (χ1) is 42.9. The number of likely N-dealkylation sites (tertiary alicyclic amines) is 1. The number of rotatable bonds is 22. The number of ether oxygens (including phenoxy) is 4. The minimum atomic E-state index is -1.80. The summed E-state index contributed by atoms with van der Waals surface area (Å²) in [6, 6.07) is -3.76. The molecule has 1 aliphatic carbocycles. The van der Waals surface area contributed by atoms with Crippen LogP contribution >= 0.6 is 0 Å². The first-order valence-corrected chi connectivity index (χ1v) is 32.4. The van der Waals surface area contributed by atoms with Crippen LogP contribution in [0, 0.1) is 29.6 Å². The maximum Gasteiger partial charge on any atom is 0.329 e. The Morgan fingerprint density at radius 1 is 0.835 bits per heavy atom. The van der Waals surface area contributed by atoms with E-state index in [-0.39, 0.29) is 81.7 Å². The molecule has 3 saturated heterocycles. The fraction of sp³-hybridized carbons (Fsp3) is 0.723. The number of aliphatic hydroxyl groups is 1. The number of nitrogens with two attached hydrogens (primary N) is 1. The van der Waals surface area contributed by atoms with Crippen molar-refractivity contribution in [2.75, 3.05) is 34.3 Å². The molecule has 13 atom stereocenters. The number of primary amides is 1. The number of carbonyl (C=O) groups is 12. The quantitative estimate of drug-likeness (QED) is 0.0718. The van der Waals surface area contributed by atoms with E-state index in [1.54, 1.807) is 65.8 Å². The first-order valence-electron chi connectivity index (χ1n) is 32.4. The maximum absolute atomic E-state index is 15.2. The average Bonchev–Trinajstić information content (AvgIpc) is 1.83. The molecule has 4 fully saturated rings. The number of carbonyl (C=O) groups excluding carboxylic acids is 12. The lowest BCUT2D eigenvalue weighted by molar-refractivity contribution is -0.163. The Morgan fingerprint density at radius 2 is 1.48 bits per heavy atom. The van der Waals surface area contributed by atoms with Gasteiger partial charge in [-0.2, -0.15) is 0 Å². The van der Waals surface area contributed by atoms with Crippen LogP contribution in [0.1, 0.15) is 165 Å². The molecule has 1 aromatic carbocycles. The Morgan fingerprint density at radius 3 is 2.08 bits per heavy atom. The Hall–Kier alpha value is -7.38. The van der Waals surface area contributed by atoms with Gasteiger partial charge in [0.2, 0.25) is 41.4 Å². The summed E-state index contributed by atoms with van der Waals surface area (Å²) in [6.07, 6.45) is -2.81. The summed E-state index contributed by atoms with van der Waals surface area (Å²) in [6.45, 7) is 17.0. The third-order valence-electron chi connectivity index (χ3n) is 17.9. The Labute approximate surface area is 535 Å². The molecular formula is C65H101N9O17. The molecule has 508 valence electrons. The molecule has 4 aliphatic rings. The van der Waals surface area contributed by atoms with E-state index in [9.17, 15) is 48.3 Å². The maximum atomic E-state index is 15.2. The van der Waals surface area contributed by atoms with Crippen molar-refractivity contribution >= 4 is 71.1 Å². The van der Waals surface area contributed by atoms with E-state index >= 15 is 14.4 Å². The first kappa shape index (κ1) is 74.3. The van der Waals surface area contributed by atoms with Crippen molar-refractivity contribution in [1.29, 1.82) is 0 Å². The van der Waals surface area contributed by atoms with Crippen molar-refractivity contribution in [3.63, 3.8) is 0 Å². The molecule has 5 rings (SSSR count). The van der Waals surface area contributed by atoms with E-state index < -0.39 is 156 Å². The van der Waals surface area contributed by atoms with Crippen LogP contribution < -0.4 is 31.7 Å². The van der Waals surface area contributed by atoms with E-state index in [1.165, 1.54) is 54.7 Å². The summed E-state index contributed by atoms with van der Waals surface area (Å²) in [7, 11) is 4.26. The molecule has 3 heterocycles. The second-order valence-corrected chi connectivity index (χ2v) is 26.3. The molecule has 26 heteroatoms.